The van der Waals surface area contributed by atoms with Gasteiger partial charge in [-0.25, -0.2) is 0 Å². The maximum Gasteiger partial charge on any atom is 0.0638 e. The van der Waals surface area contributed by atoms with Crippen LogP contribution in [0, 0.1) is 6.92 Å². The molecule has 2 rings (SSSR count). The molecule has 0 fully saturated rings. The van der Waals surface area contributed by atoms with Gasteiger partial charge in [0, 0.05) is 19.3 Å². The molecule has 0 unspecified atom stereocenters. The number of nitrogens with zero attached hydrogens (tertiary/aromatic N) is 1. The van der Waals surface area contributed by atoms with Gasteiger partial charge in [0.1, 0.15) is 0 Å². The minimum absolute atomic E-state index is 0.616. The Morgan fingerprint density at radius 3 is 2.61 bits per heavy atom. The van der Waals surface area contributed by atoms with Crippen LogP contribution < -0.4 is 10.6 Å². The van der Waals surface area contributed by atoms with E-state index in [1.165, 1.54) is 11.3 Å². The summed E-state index contributed by atoms with van der Waals surface area (Å²) in [6, 6.07) is 14.2. The SMILES string of the molecule is Cc1cccc(N(C)Cc2ccc(N)c(Cl)c2)c1. The van der Waals surface area contributed by atoms with Gasteiger partial charge in [0.15, 0.2) is 0 Å². The van der Waals surface area contributed by atoms with E-state index in [0.29, 0.717) is 10.7 Å². The molecule has 0 radical (unpaired) electrons. The highest BCUT2D eigenvalue weighted by Crippen LogP contribution is 2.22. The van der Waals surface area contributed by atoms with E-state index < -0.39 is 0 Å². The Hall–Kier alpha value is -1.67. The number of nitrogen functional groups attached to an aromatic ring is 1. The molecule has 0 heterocycles. The van der Waals surface area contributed by atoms with Crippen molar-refractivity contribution in [2.75, 3.05) is 17.7 Å². The molecule has 0 aliphatic heterocycles. The summed E-state index contributed by atoms with van der Waals surface area (Å²) in [5.41, 5.74) is 9.94. The Bertz CT molecular complexity index is 552. The average molecular weight is 261 g/mol. The first kappa shape index (κ1) is 12.8. The third-order valence-corrected chi connectivity index (χ3v) is 3.25. The Balaban J connectivity index is 2.16. The molecule has 2 aromatic carbocycles. The van der Waals surface area contributed by atoms with Crippen LogP contribution in [0.15, 0.2) is 42.5 Å². The van der Waals surface area contributed by atoms with Crippen LogP contribution in [0.3, 0.4) is 0 Å². The molecular formula is C15H17ClN2. The third-order valence-electron chi connectivity index (χ3n) is 2.93. The number of hydrogen-bond donors (Lipinski definition) is 1. The lowest BCUT2D eigenvalue weighted by atomic mass is 10.1. The van der Waals surface area contributed by atoms with Gasteiger partial charge in [-0.2, -0.15) is 0 Å². The van der Waals surface area contributed by atoms with Gasteiger partial charge >= 0.3 is 0 Å². The number of rotatable bonds is 3. The van der Waals surface area contributed by atoms with Crippen LogP contribution in [0.4, 0.5) is 11.4 Å². The largest absolute Gasteiger partial charge is 0.398 e. The molecule has 0 aliphatic rings. The highest BCUT2D eigenvalue weighted by Gasteiger charge is 2.04. The van der Waals surface area contributed by atoms with Crippen molar-refractivity contribution in [3.05, 3.63) is 58.6 Å². The number of benzene rings is 2. The van der Waals surface area contributed by atoms with Crippen LogP contribution in [0.2, 0.25) is 5.02 Å². The monoisotopic (exact) mass is 260 g/mol. The normalized spacial score (nSPS) is 10.4. The summed E-state index contributed by atoms with van der Waals surface area (Å²) in [7, 11) is 2.07. The van der Waals surface area contributed by atoms with Crippen molar-refractivity contribution >= 4 is 23.0 Å². The van der Waals surface area contributed by atoms with E-state index in [9.17, 15) is 0 Å². The number of aryl methyl sites for hydroxylation is 1. The Kier molecular flexibility index (Phi) is 3.78. The average Bonchev–Trinajstić information content (AvgIpc) is 2.34. The molecule has 0 atom stereocenters. The number of anilines is 2. The molecule has 0 bridgehead atoms. The van der Waals surface area contributed by atoms with E-state index in [1.807, 2.05) is 18.2 Å². The first-order valence-corrected chi connectivity index (χ1v) is 6.26. The zero-order chi connectivity index (χ0) is 13.1. The minimum Gasteiger partial charge on any atom is -0.398 e. The van der Waals surface area contributed by atoms with E-state index >= 15 is 0 Å². The Labute approximate surface area is 113 Å². The lowest BCUT2D eigenvalue weighted by molar-refractivity contribution is 0.922. The van der Waals surface area contributed by atoms with Crippen LogP contribution in [0.5, 0.6) is 0 Å². The molecule has 0 spiro atoms. The lowest BCUT2D eigenvalue weighted by Gasteiger charge is -2.20. The van der Waals surface area contributed by atoms with Gasteiger partial charge in [-0.15, -0.1) is 0 Å². The number of halogens is 1. The summed E-state index contributed by atoms with van der Waals surface area (Å²) in [6.07, 6.45) is 0. The van der Waals surface area contributed by atoms with Crippen LogP contribution in [0.1, 0.15) is 11.1 Å². The maximum absolute atomic E-state index is 6.02. The van der Waals surface area contributed by atoms with Crippen LogP contribution in [-0.4, -0.2) is 7.05 Å². The highest BCUT2D eigenvalue weighted by molar-refractivity contribution is 6.33. The quantitative estimate of drug-likeness (QED) is 0.849. The summed E-state index contributed by atoms with van der Waals surface area (Å²) < 4.78 is 0. The highest BCUT2D eigenvalue weighted by atomic mass is 35.5. The fraction of sp³-hybridized carbons (Fsp3) is 0.200. The molecule has 2 aromatic rings. The molecule has 3 heteroatoms. The Morgan fingerprint density at radius 2 is 1.94 bits per heavy atom. The van der Waals surface area contributed by atoms with Gasteiger partial charge in [-0.1, -0.05) is 29.8 Å². The second-order valence-corrected chi connectivity index (χ2v) is 4.96. The smallest absolute Gasteiger partial charge is 0.0638 e. The van der Waals surface area contributed by atoms with E-state index in [0.717, 1.165) is 12.1 Å². The Morgan fingerprint density at radius 1 is 1.17 bits per heavy atom. The summed E-state index contributed by atoms with van der Waals surface area (Å²) in [6.45, 7) is 2.90. The second-order valence-electron chi connectivity index (χ2n) is 4.55. The molecule has 0 aromatic heterocycles. The fourth-order valence-corrected chi connectivity index (χ4v) is 2.10. The van der Waals surface area contributed by atoms with Crippen molar-refractivity contribution in [3.8, 4) is 0 Å². The summed E-state index contributed by atoms with van der Waals surface area (Å²) in [5.74, 6) is 0. The van der Waals surface area contributed by atoms with E-state index in [2.05, 4.69) is 43.1 Å². The van der Waals surface area contributed by atoms with Gasteiger partial charge in [-0.3, -0.25) is 0 Å². The van der Waals surface area contributed by atoms with Crippen molar-refractivity contribution in [2.24, 2.45) is 0 Å². The second kappa shape index (κ2) is 5.32. The molecule has 0 saturated carbocycles. The number of nitrogens with two attached hydrogens (primary N) is 1. The van der Waals surface area contributed by atoms with Crippen molar-refractivity contribution in [2.45, 2.75) is 13.5 Å². The molecule has 0 saturated heterocycles. The molecule has 2 N–H and O–H groups in total. The van der Waals surface area contributed by atoms with Gasteiger partial charge in [0.05, 0.1) is 10.7 Å². The van der Waals surface area contributed by atoms with Crippen molar-refractivity contribution in [1.29, 1.82) is 0 Å². The first-order chi connectivity index (χ1) is 8.56. The first-order valence-electron chi connectivity index (χ1n) is 5.88. The van der Waals surface area contributed by atoms with Crippen LogP contribution >= 0.6 is 11.6 Å². The predicted molar refractivity (Wildman–Crippen MR) is 79.2 cm³/mol. The van der Waals surface area contributed by atoms with Crippen LogP contribution in [-0.2, 0) is 6.54 Å². The van der Waals surface area contributed by atoms with E-state index in [4.69, 9.17) is 17.3 Å². The maximum atomic E-state index is 6.02. The lowest BCUT2D eigenvalue weighted by Crippen LogP contribution is -2.16. The van der Waals surface area contributed by atoms with Gasteiger partial charge in [0.25, 0.3) is 0 Å². The standard InChI is InChI=1S/C15H17ClN2/c1-11-4-3-5-13(8-11)18(2)10-12-6-7-15(17)14(16)9-12/h3-9H,10,17H2,1-2H3. The van der Waals surface area contributed by atoms with Crippen molar-refractivity contribution in [1.82, 2.24) is 0 Å². The molecule has 94 valence electrons. The van der Waals surface area contributed by atoms with Gasteiger partial charge in [-0.05, 0) is 42.3 Å². The van der Waals surface area contributed by atoms with Crippen LogP contribution in [0.25, 0.3) is 0 Å². The molecule has 0 aliphatic carbocycles. The molecule has 2 nitrogen and oxygen atoms in total. The topological polar surface area (TPSA) is 29.3 Å². The molecular weight excluding hydrogens is 244 g/mol. The summed E-state index contributed by atoms with van der Waals surface area (Å²) in [5, 5.41) is 0.616. The van der Waals surface area contributed by atoms with E-state index in [1.54, 1.807) is 0 Å². The van der Waals surface area contributed by atoms with Crippen molar-refractivity contribution < 1.29 is 0 Å². The van der Waals surface area contributed by atoms with Gasteiger partial charge < -0.3 is 10.6 Å². The summed E-state index contributed by atoms with van der Waals surface area (Å²) >= 11 is 6.02. The number of hydrogen-bond acceptors (Lipinski definition) is 2. The predicted octanol–water partition coefficient (Wildman–Crippen LogP) is 3.87. The molecule has 0 amide bonds. The zero-order valence-electron chi connectivity index (χ0n) is 10.7. The molecule has 18 heavy (non-hydrogen) atoms. The zero-order valence-corrected chi connectivity index (χ0v) is 11.4. The fourth-order valence-electron chi connectivity index (χ4n) is 1.90. The minimum atomic E-state index is 0.616. The van der Waals surface area contributed by atoms with Gasteiger partial charge in [0.2, 0.25) is 0 Å². The van der Waals surface area contributed by atoms with E-state index in [-0.39, 0.29) is 0 Å². The van der Waals surface area contributed by atoms with Crippen molar-refractivity contribution in [3.63, 3.8) is 0 Å². The summed E-state index contributed by atoms with van der Waals surface area (Å²) in [4.78, 5) is 2.19. The third kappa shape index (κ3) is 2.96.